The van der Waals surface area contributed by atoms with E-state index in [1.807, 2.05) is 6.92 Å². The lowest BCUT2D eigenvalue weighted by molar-refractivity contribution is -0.138. The van der Waals surface area contributed by atoms with Crippen molar-refractivity contribution in [1.82, 2.24) is 19.5 Å². The summed E-state index contributed by atoms with van der Waals surface area (Å²) in [6.45, 7) is 0.715. The van der Waals surface area contributed by atoms with Crippen molar-refractivity contribution >= 4 is 17.0 Å². The number of rotatable bonds is 11. The summed E-state index contributed by atoms with van der Waals surface area (Å²) >= 11 is 0. The van der Waals surface area contributed by atoms with Crippen LogP contribution < -0.4 is 21.7 Å². The monoisotopic (exact) mass is 555 g/mol. The number of carbonyl (C=O) groups is 1. The number of benzene rings is 2. The standard InChI is InChI=1S/C26H29N5O9/c1-12-6-17-18(8-14(12)11-40-15-4-2-13(3-5-15)7-16(27)25(37)38)31(9-19(33)22(35)20(34)10-32)23-21(28-17)24(36)30-26(39)29-23/h2-6,8,16,19-20,22,32-35H,7,9-11,27H2,1H3,(H,37,38)(H,30,36,39)/t16-,19-,20+,22-/m0/s1. The topological polar surface area (TPSA) is 234 Å². The number of carboxylic acids is 1. The van der Waals surface area contributed by atoms with E-state index in [1.54, 1.807) is 36.4 Å². The lowest BCUT2D eigenvalue weighted by Crippen LogP contribution is -2.42. The number of aliphatic carboxylic acids is 1. The van der Waals surface area contributed by atoms with Gasteiger partial charge in [-0.15, -0.1) is 0 Å². The highest BCUT2D eigenvalue weighted by Crippen LogP contribution is 2.26. The molecule has 2 aliphatic rings. The third-order valence-electron chi connectivity index (χ3n) is 6.50. The van der Waals surface area contributed by atoms with Gasteiger partial charge in [-0.2, -0.15) is 4.98 Å². The maximum Gasteiger partial charge on any atom is 0.349 e. The molecule has 0 aliphatic carbocycles. The highest BCUT2D eigenvalue weighted by molar-refractivity contribution is 5.81. The van der Waals surface area contributed by atoms with E-state index < -0.39 is 54.7 Å². The predicted octanol–water partition coefficient (Wildman–Crippen LogP) is -1.50. The highest BCUT2D eigenvalue weighted by atomic mass is 16.5. The van der Waals surface area contributed by atoms with Gasteiger partial charge in [0.05, 0.1) is 24.2 Å². The minimum atomic E-state index is -1.73. The molecule has 2 aliphatic heterocycles. The Bertz CT molecular complexity index is 1600. The summed E-state index contributed by atoms with van der Waals surface area (Å²) in [5.74, 6) is -0.723. The van der Waals surface area contributed by atoms with Crippen molar-refractivity contribution in [2.75, 3.05) is 6.61 Å². The van der Waals surface area contributed by atoms with Crippen LogP contribution in [0.3, 0.4) is 0 Å². The number of carboxylic acid groups (broad SMARTS) is 1. The number of nitrogens with one attached hydrogen (secondary N) is 1. The Morgan fingerprint density at radius 3 is 2.45 bits per heavy atom. The summed E-state index contributed by atoms with van der Waals surface area (Å²) in [5, 5.41) is 48.7. The molecule has 40 heavy (non-hydrogen) atoms. The molecule has 4 rings (SSSR count). The molecule has 0 unspecified atom stereocenters. The van der Waals surface area contributed by atoms with Crippen molar-refractivity contribution in [3.63, 3.8) is 0 Å². The van der Waals surface area contributed by atoms with Crippen LogP contribution in [0.2, 0.25) is 0 Å². The number of aromatic amines is 1. The van der Waals surface area contributed by atoms with E-state index in [9.17, 15) is 29.7 Å². The second-order valence-electron chi connectivity index (χ2n) is 9.42. The number of hydrogen-bond acceptors (Lipinski definition) is 11. The Labute approximate surface area is 226 Å². The van der Waals surface area contributed by atoms with Crippen LogP contribution in [0, 0.1) is 6.92 Å². The average molecular weight is 556 g/mol. The van der Waals surface area contributed by atoms with E-state index in [2.05, 4.69) is 15.0 Å². The van der Waals surface area contributed by atoms with Crippen molar-refractivity contribution in [3.8, 4) is 17.3 Å². The molecule has 0 amide bonds. The Hall–Kier alpha value is -4.21. The number of hydrogen-bond donors (Lipinski definition) is 7. The molecule has 14 heteroatoms. The molecule has 4 atom stereocenters. The van der Waals surface area contributed by atoms with Gasteiger partial charge in [-0.05, 0) is 54.3 Å². The minimum absolute atomic E-state index is 0.0950. The number of aromatic nitrogens is 4. The molecule has 2 heterocycles. The van der Waals surface area contributed by atoms with Crippen LogP contribution in [0.1, 0.15) is 16.7 Å². The van der Waals surface area contributed by atoms with Gasteiger partial charge >= 0.3 is 11.7 Å². The van der Waals surface area contributed by atoms with Crippen LogP contribution in [0.4, 0.5) is 0 Å². The van der Waals surface area contributed by atoms with Gasteiger partial charge in [-0.3, -0.25) is 14.6 Å². The van der Waals surface area contributed by atoms with Gasteiger partial charge in [-0.1, -0.05) is 12.1 Å². The number of nitrogens with zero attached hydrogens (tertiary/aromatic N) is 3. The molecular formula is C26H29N5O9. The summed E-state index contributed by atoms with van der Waals surface area (Å²) in [6, 6.07) is 9.16. The molecule has 0 bridgehead atoms. The first-order valence-electron chi connectivity index (χ1n) is 12.3. The fourth-order valence-electron chi connectivity index (χ4n) is 4.21. The van der Waals surface area contributed by atoms with Crippen molar-refractivity contribution in [1.29, 1.82) is 0 Å². The SMILES string of the molecule is Cc1cc2nc3c(=O)[nH]c(=O)nc-3n(C[C@H](O)[C@H](O)[C@H](O)CO)c2cc1COc1ccc(C[C@H](N)C(=O)O)cc1. The zero-order valence-electron chi connectivity index (χ0n) is 21.4. The molecule has 0 saturated heterocycles. The number of ether oxygens (including phenoxy) is 1. The number of aryl methyl sites for hydroxylation is 1. The van der Waals surface area contributed by atoms with Gasteiger partial charge in [0.2, 0.25) is 0 Å². The van der Waals surface area contributed by atoms with Gasteiger partial charge in [-0.25, -0.2) is 9.78 Å². The van der Waals surface area contributed by atoms with Gasteiger partial charge in [0.1, 0.15) is 36.7 Å². The van der Waals surface area contributed by atoms with E-state index in [4.69, 9.17) is 20.7 Å². The van der Waals surface area contributed by atoms with E-state index >= 15 is 0 Å². The normalized spacial score (nSPS) is 14.7. The second kappa shape index (κ2) is 11.9. The molecule has 8 N–H and O–H groups in total. The van der Waals surface area contributed by atoms with E-state index in [0.717, 1.165) is 11.1 Å². The van der Waals surface area contributed by atoms with Gasteiger partial charge in [0.25, 0.3) is 5.56 Å². The van der Waals surface area contributed by atoms with Crippen molar-refractivity contribution in [3.05, 3.63) is 73.9 Å². The third kappa shape index (κ3) is 6.16. The molecular weight excluding hydrogens is 526 g/mol. The maximum absolute atomic E-state index is 12.5. The fraction of sp³-hybridized carbons (Fsp3) is 0.346. The molecule has 0 aromatic heterocycles. The first-order valence-corrected chi connectivity index (χ1v) is 12.3. The summed E-state index contributed by atoms with van der Waals surface area (Å²) in [4.78, 5) is 45.7. The maximum atomic E-state index is 12.5. The molecule has 0 spiro atoms. The molecule has 14 nitrogen and oxygen atoms in total. The molecule has 2 aromatic rings. The Morgan fingerprint density at radius 2 is 1.80 bits per heavy atom. The molecule has 0 fully saturated rings. The quantitative estimate of drug-likeness (QED) is 0.105. The van der Waals surface area contributed by atoms with Gasteiger partial charge in [0.15, 0.2) is 11.5 Å². The van der Waals surface area contributed by atoms with E-state index in [-0.39, 0.29) is 24.5 Å². The van der Waals surface area contributed by atoms with Gasteiger partial charge < -0.3 is 40.6 Å². The van der Waals surface area contributed by atoms with E-state index in [1.165, 1.54) is 4.57 Å². The number of H-pyrrole nitrogens is 1. The Morgan fingerprint density at radius 1 is 1.10 bits per heavy atom. The Kier molecular flexibility index (Phi) is 8.56. The summed E-state index contributed by atoms with van der Waals surface area (Å²) in [7, 11) is 0. The van der Waals surface area contributed by atoms with Crippen molar-refractivity contribution in [2.24, 2.45) is 5.73 Å². The van der Waals surface area contributed by atoms with Crippen LogP contribution in [0.5, 0.6) is 5.75 Å². The average Bonchev–Trinajstić information content (AvgIpc) is 2.92. The predicted molar refractivity (Wildman–Crippen MR) is 141 cm³/mol. The zero-order valence-corrected chi connectivity index (χ0v) is 21.4. The zero-order chi connectivity index (χ0) is 29.1. The first kappa shape index (κ1) is 28.8. The molecule has 212 valence electrons. The number of fused-ring (bicyclic) bond motifs is 2. The highest BCUT2D eigenvalue weighted by Gasteiger charge is 2.27. The van der Waals surface area contributed by atoms with Crippen LogP contribution in [0.25, 0.3) is 22.6 Å². The first-order chi connectivity index (χ1) is 19.0. The summed E-state index contributed by atoms with van der Waals surface area (Å²) in [5.41, 5.74) is 6.58. The van der Waals surface area contributed by atoms with Crippen LogP contribution >= 0.6 is 0 Å². The summed E-state index contributed by atoms with van der Waals surface area (Å²) < 4.78 is 7.26. The number of nitrogens with two attached hydrogens (primary N) is 1. The molecule has 2 aromatic carbocycles. The smallest absolute Gasteiger partial charge is 0.349 e. The van der Waals surface area contributed by atoms with Crippen LogP contribution in [-0.2, 0) is 24.4 Å². The van der Waals surface area contributed by atoms with Crippen molar-refractivity contribution in [2.45, 2.75) is 50.8 Å². The van der Waals surface area contributed by atoms with Crippen LogP contribution in [-0.4, -0.2) is 82.0 Å². The van der Waals surface area contributed by atoms with E-state index in [0.29, 0.717) is 22.3 Å². The fourth-order valence-corrected chi connectivity index (χ4v) is 4.21. The number of aliphatic hydroxyl groups is 4. The summed E-state index contributed by atoms with van der Waals surface area (Å²) in [6.07, 6.45) is -4.80. The molecule has 0 saturated carbocycles. The molecule has 0 radical (unpaired) electrons. The van der Waals surface area contributed by atoms with Crippen LogP contribution in [0.15, 0.2) is 46.0 Å². The van der Waals surface area contributed by atoms with Gasteiger partial charge in [0, 0.05) is 0 Å². The lowest BCUT2D eigenvalue weighted by Gasteiger charge is -2.25. The Balaban J connectivity index is 1.70. The largest absolute Gasteiger partial charge is 0.489 e. The van der Waals surface area contributed by atoms with Crippen molar-refractivity contribution < 1.29 is 35.1 Å². The lowest BCUT2D eigenvalue weighted by atomic mass is 10.1. The minimum Gasteiger partial charge on any atom is -0.489 e. The number of aliphatic hydroxyl groups excluding tert-OH is 4. The second-order valence-corrected chi connectivity index (χ2v) is 9.42. The third-order valence-corrected chi connectivity index (χ3v) is 6.50.